The van der Waals surface area contributed by atoms with Gasteiger partial charge in [0.25, 0.3) is 0 Å². The standard InChI is InChI=1S/C12H15NO/c1-13-11-8-12(11)6-7-14-10-5-3-2-4-9(10)12/h2-5,11,13H,6-8H2,1H3/t11-,12+/m0/s1. The number of fused-ring (bicyclic) bond motifs is 2. The van der Waals surface area contributed by atoms with E-state index in [9.17, 15) is 0 Å². The maximum atomic E-state index is 5.66. The van der Waals surface area contributed by atoms with Crippen LogP contribution in [0.3, 0.4) is 0 Å². The largest absolute Gasteiger partial charge is 0.493 e. The van der Waals surface area contributed by atoms with E-state index in [1.54, 1.807) is 0 Å². The van der Waals surface area contributed by atoms with Gasteiger partial charge < -0.3 is 10.1 Å². The fraction of sp³-hybridized carbons (Fsp3) is 0.500. The molecule has 74 valence electrons. The Hall–Kier alpha value is -1.02. The molecule has 0 saturated heterocycles. The molecule has 2 heteroatoms. The smallest absolute Gasteiger partial charge is 0.123 e. The Balaban J connectivity index is 2.05. The van der Waals surface area contributed by atoms with Crippen LogP contribution in [-0.4, -0.2) is 19.7 Å². The van der Waals surface area contributed by atoms with E-state index >= 15 is 0 Å². The molecule has 1 heterocycles. The minimum atomic E-state index is 0.392. The molecule has 1 aromatic rings. The van der Waals surface area contributed by atoms with Crippen molar-refractivity contribution in [1.29, 1.82) is 0 Å². The number of nitrogens with one attached hydrogen (secondary N) is 1. The number of benzene rings is 1. The Morgan fingerprint density at radius 2 is 2.29 bits per heavy atom. The van der Waals surface area contributed by atoms with Crippen molar-refractivity contribution in [2.45, 2.75) is 24.3 Å². The van der Waals surface area contributed by atoms with Gasteiger partial charge in [0, 0.05) is 17.0 Å². The van der Waals surface area contributed by atoms with Gasteiger partial charge in [-0.1, -0.05) is 18.2 Å². The Labute approximate surface area is 84.3 Å². The van der Waals surface area contributed by atoms with Crippen molar-refractivity contribution in [1.82, 2.24) is 5.32 Å². The van der Waals surface area contributed by atoms with Crippen LogP contribution in [0.2, 0.25) is 0 Å². The number of rotatable bonds is 1. The Kier molecular flexibility index (Phi) is 1.62. The van der Waals surface area contributed by atoms with Gasteiger partial charge in [-0.25, -0.2) is 0 Å². The normalized spacial score (nSPS) is 33.6. The number of ether oxygens (including phenoxy) is 1. The molecule has 1 N–H and O–H groups in total. The van der Waals surface area contributed by atoms with E-state index in [0.717, 1.165) is 18.8 Å². The minimum absolute atomic E-state index is 0.392. The average Bonchev–Trinajstić information content (AvgIpc) is 2.94. The summed E-state index contributed by atoms with van der Waals surface area (Å²) in [4.78, 5) is 0. The molecule has 2 atom stereocenters. The van der Waals surface area contributed by atoms with E-state index in [2.05, 4.69) is 36.6 Å². The molecular weight excluding hydrogens is 174 g/mol. The first-order valence-electron chi connectivity index (χ1n) is 5.26. The second kappa shape index (κ2) is 2.74. The number of para-hydroxylation sites is 1. The van der Waals surface area contributed by atoms with E-state index in [1.165, 1.54) is 12.0 Å². The van der Waals surface area contributed by atoms with Gasteiger partial charge in [0.2, 0.25) is 0 Å². The zero-order valence-electron chi connectivity index (χ0n) is 8.42. The molecule has 2 nitrogen and oxygen atoms in total. The van der Waals surface area contributed by atoms with Crippen LogP contribution in [0, 0.1) is 0 Å². The predicted octanol–water partition coefficient (Wildman–Crippen LogP) is 1.70. The SMILES string of the molecule is CN[C@H]1C[C@@]12CCOc1ccccc12. The van der Waals surface area contributed by atoms with Gasteiger partial charge in [-0.05, 0) is 26.0 Å². The lowest BCUT2D eigenvalue weighted by molar-refractivity contribution is 0.256. The van der Waals surface area contributed by atoms with E-state index in [0.29, 0.717) is 11.5 Å². The summed E-state index contributed by atoms with van der Waals surface area (Å²) in [6.07, 6.45) is 2.43. The van der Waals surface area contributed by atoms with Gasteiger partial charge in [0.15, 0.2) is 0 Å². The van der Waals surface area contributed by atoms with Crippen LogP contribution in [0.5, 0.6) is 5.75 Å². The lowest BCUT2D eigenvalue weighted by atomic mass is 9.89. The van der Waals surface area contributed by atoms with Crippen molar-refractivity contribution < 1.29 is 4.74 Å². The van der Waals surface area contributed by atoms with Gasteiger partial charge in [0.1, 0.15) is 5.75 Å². The highest BCUT2D eigenvalue weighted by molar-refractivity contribution is 5.47. The molecule has 0 bridgehead atoms. The molecular formula is C12H15NO. The summed E-state index contributed by atoms with van der Waals surface area (Å²) >= 11 is 0. The van der Waals surface area contributed by atoms with Crippen LogP contribution >= 0.6 is 0 Å². The highest BCUT2D eigenvalue weighted by Gasteiger charge is 2.56. The average molecular weight is 189 g/mol. The molecule has 0 radical (unpaired) electrons. The summed E-state index contributed by atoms with van der Waals surface area (Å²) < 4.78 is 5.66. The quantitative estimate of drug-likeness (QED) is 0.726. The molecule has 0 unspecified atom stereocenters. The topological polar surface area (TPSA) is 21.3 Å². The molecule has 1 aromatic carbocycles. The molecule has 2 aliphatic rings. The minimum Gasteiger partial charge on any atom is -0.493 e. The zero-order valence-corrected chi connectivity index (χ0v) is 8.42. The highest BCUT2D eigenvalue weighted by atomic mass is 16.5. The Bertz CT molecular complexity index is 363. The number of hydrogen-bond donors (Lipinski definition) is 1. The summed E-state index contributed by atoms with van der Waals surface area (Å²) in [5.74, 6) is 1.09. The Morgan fingerprint density at radius 1 is 1.43 bits per heavy atom. The van der Waals surface area contributed by atoms with Crippen molar-refractivity contribution in [3.63, 3.8) is 0 Å². The molecule has 0 aromatic heterocycles. The summed E-state index contributed by atoms with van der Waals surface area (Å²) in [5, 5.41) is 3.38. The maximum absolute atomic E-state index is 5.66. The lowest BCUT2D eigenvalue weighted by Gasteiger charge is -2.26. The second-order valence-electron chi connectivity index (χ2n) is 4.30. The third-order valence-corrected chi connectivity index (χ3v) is 3.65. The predicted molar refractivity (Wildman–Crippen MR) is 55.7 cm³/mol. The van der Waals surface area contributed by atoms with Crippen molar-refractivity contribution in [3.8, 4) is 5.75 Å². The monoisotopic (exact) mass is 189 g/mol. The number of hydrogen-bond acceptors (Lipinski definition) is 2. The van der Waals surface area contributed by atoms with E-state index < -0.39 is 0 Å². The molecule has 1 aliphatic heterocycles. The first-order chi connectivity index (χ1) is 6.87. The zero-order chi connectivity index (χ0) is 9.60. The van der Waals surface area contributed by atoms with Crippen molar-refractivity contribution in [2.75, 3.05) is 13.7 Å². The van der Waals surface area contributed by atoms with E-state index in [-0.39, 0.29) is 0 Å². The second-order valence-corrected chi connectivity index (χ2v) is 4.30. The first kappa shape index (κ1) is 8.30. The van der Waals surface area contributed by atoms with Gasteiger partial charge in [0.05, 0.1) is 6.61 Å². The van der Waals surface area contributed by atoms with Crippen LogP contribution in [0.25, 0.3) is 0 Å². The molecule has 1 fully saturated rings. The maximum Gasteiger partial charge on any atom is 0.123 e. The van der Waals surface area contributed by atoms with Crippen LogP contribution in [0.4, 0.5) is 0 Å². The van der Waals surface area contributed by atoms with Gasteiger partial charge >= 0.3 is 0 Å². The fourth-order valence-electron chi connectivity index (χ4n) is 2.74. The highest BCUT2D eigenvalue weighted by Crippen LogP contribution is 2.55. The van der Waals surface area contributed by atoms with E-state index in [1.807, 2.05) is 0 Å². The van der Waals surface area contributed by atoms with Crippen LogP contribution in [0.15, 0.2) is 24.3 Å². The van der Waals surface area contributed by atoms with Crippen LogP contribution in [0.1, 0.15) is 18.4 Å². The summed E-state index contributed by atoms with van der Waals surface area (Å²) in [5.41, 5.74) is 1.80. The molecule has 3 rings (SSSR count). The van der Waals surface area contributed by atoms with Crippen molar-refractivity contribution >= 4 is 0 Å². The molecule has 1 aliphatic carbocycles. The van der Waals surface area contributed by atoms with Crippen LogP contribution < -0.4 is 10.1 Å². The van der Waals surface area contributed by atoms with Crippen molar-refractivity contribution in [2.24, 2.45) is 0 Å². The molecule has 1 spiro atoms. The van der Waals surface area contributed by atoms with Crippen molar-refractivity contribution in [3.05, 3.63) is 29.8 Å². The Morgan fingerprint density at radius 3 is 3.07 bits per heavy atom. The first-order valence-corrected chi connectivity index (χ1v) is 5.26. The van der Waals surface area contributed by atoms with Gasteiger partial charge in [-0.2, -0.15) is 0 Å². The number of likely N-dealkylation sites (N-methyl/N-ethyl adjacent to an activating group) is 1. The third kappa shape index (κ3) is 0.947. The summed E-state index contributed by atoms with van der Waals surface area (Å²) in [6.45, 7) is 0.870. The van der Waals surface area contributed by atoms with E-state index in [4.69, 9.17) is 4.74 Å². The fourth-order valence-corrected chi connectivity index (χ4v) is 2.74. The van der Waals surface area contributed by atoms with Gasteiger partial charge in [-0.15, -0.1) is 0 Å². The summed E-state index contributed by atoms with van der Waals surface area (Å²) in [6, 6.07) is 9.12. The third-order valence-electron chi connectivity index (χ3n) is 3.65. The van der Waals surface area contributed by atoms with Crippen LogP contribution in [-0.2, 0) is 5.41 Å². The summed E-state index contributed by atoms with van der Waals surface area (Å²) in [7, 11) is 2.05. The lowest BCUT2D eigenvalue weighted by Crippen LogP contribution is -2.28. The molecule has 1 saturated carbocycles. The van der Waals surface area contributed by atoms with Gasteiger partial charge in [-0.3, -0.25) is 0 Å². The molecule has 14 heavy (non-hydrogen) atoms. The molecule has 0 amide bonds.